The van der Waals surface area contributed by atoms with Gasteiger partial charge in [-0.3, -0.25) is 15.1 Å². The van der Waals surface area contributed by atoms with E-state index in [9.17, 15) is 0 Å². The van der Waals surface area contributed by atoms with E-state index in [1.807, 2.05) is 0 Å². The monoisotopic (exact) mass is 313 g/mol. The third-order valence-corrected chi connectivity index (χ3v) is 5.82. The first-order chi connectivity index (χ1) is 10.7. The van der Waals surface area contributed by atoms with Crippen molar-refractivity contribution in [1.82, 2.24) is 15.7 Å². The second kappa shape index (κ2) is 7.55. The number of piperidine rings is 1. The van der Waals surface area contributed by atoms with E-state index in [2.05, 4.69) is 42.0 Å². The zero-order valence-electron chi connectivity index (χ0n) is 14.5. The van der Waals surface area contributed by atoms with Gasteiger partial charge in [-0.25, -0.2) is 0 Å². The third-order valence-electron chi connectivity index (χ3n) is 5.82. The van der Waals surface area contributed by atoms with Crippen molar-refractivity contribution in [2.75, 3.05) is 33.7 Å². The summed E-state index contributed by atoms with van der Waals surface area (Å²) in [6, 6.07) is 0.625. The summed E-state index contributed by atoms with van der Waals surface area (Å²) in [5.41, 5.74) is 3.30. The highest BCUT2D eigenvalue weighted by Gasteiger charge is 2.43. The van der Waals surface area contributed by atoms with E-state index in [4.69, 9.17) is 4.84 Å². The number of likely N-dealkylation sites (tertiary alicyclic amines) is 1. The molecule has 6 unspecified atom stereocenters. The van der Waals surface area contributed by atoms with E-state index >= 15 is 0 Å². The van der Waals surface area contributed by atoms with Crippen LogP contribution in [0.3, 0.4) is 0 Å². The Morgan fingerprint density at radius 1 is 1.27 bits per heavy atom. The van der Waals surface area contributed by atoms with Crippen molar-refractivity contribution < 1.29 is 15.1 Å². The van der Waals surface area contributed by atoms with E-state index in [0.29, 0.717) is 24.3 Å². The van der Waals surface area contributed by atoms with Crippen LogP contribution >= 0.6 is 0 Å². The van der Waals surface area contributed by atoms with Gasteiger partial charge in [0.2, 0.25) is 0 Å². The van der Waals surface area contributed by atoms with Gasteiger partial charge >= 0.3 is 0 Å². The van der Waals surface area contributed by atoms with Gasteiger partial charge in [0.15, 0.2) is 6.23 Å². The molecule has 6 nitrogen and oxygen atoms in total. The minimum absolute atomic E-state index is 0.195. The third kappa shape index (κ3) is 3.63. The highest BCUT2D eigenvalue weighted by molar-refractivity contribution is 4.83. The quantitative estimate of drug-likeness (QED) is 0.478. The van der Waals surface area contributed by atoms with Crippen molar-refractivity contribution in [3.8, 4) is 0 Å². The lowest BCUT2D eigenvalue weighted by Crippen LogP contribution is -3.15. The van der Waals surface area contributed by atoms with Crippen LogP contribution in [0.1, 0.15) is 39.0 Å². The molecular weight excluding hydrogens is 278 g/mol. The lowest BCUT2D eigenvalue weighted by atomic mass is 9.94. The van der Waals surface area contributed by atoms with Crippen LogP contribution in [-0.4, -0.2) is 63.2 Å². The zero-order chi connectivity index (χ0) is 15.5. The van der Waals surface area contributed by atoms with Gasteiger partial charge in [0, 0.05) is 25.2 Å². The second-order valence-electron chi connectivity index (χ2n) is 7.55. The number of hydrogen-bond donors (Lipinski definition) is 4. The lowest BCUT2D eigenvalue weighted by molar-refractivity contribution is -0.916. The Kier molecular flexibility index (Phi) is 5.70. The molecule has 128 valence electrons. The highest BCUT2D eigenvalue weighted by Crippen LogP contribution is 2.19. The summed E-state index contributed by atoms with van der Waals surface area (Å²) in [6.07, 6.45) is 7.60. The zero-order valence-corrected chi connectivity index (χ0v) is 14.5. The van der Waals surface area contributed by atoms with Gasteiger partial charge in [-0.05, 0) is 26.9 Å². The Bertz CT molecular complexity index is 345. The van der Waals surface area contributed by atoms with Gasteiger partial charge < -0.3 is 10.2 Å². The molecule has 0 aromatic carbocycles. The average Bonchev–Trinajstić information content (AvgIpc) is 3.16. The fourth-order valence-corrected chi connectivity index (χ4v) is 4.48. The van der Waals surface area contributed by atoms with Crippen LogP contribution in [-0.2, 0) is 4.84 Å². The summed E-state index contributed by atoms with van der Waals surface area (Å²) < 4.78 is 0. The predicted octanol–water partition coefficient (Wildman–Crippen LogP) is -1.92. The van der Waals surface area contributed by atoms with E-state index in [1.165, 1.54) is 51.7 Å². The molecule has 0 aliphatic carbocycles. The number of hydrogen-bond acceptors (Lipinski definition) is 4. The van der Waals surface area contributed by atoms with Crippen LogP contribution in [0.25, 0.3) is 0 Å². The summed E-state index contributed by atoms with van der Waals surface area (Å²) in [4.78, 5) is 10.0. The molecule has 6 atom stereocenters. The van der Waals surface area contributed by atoms with Crippen LogP contribution in [0.4, 0.5) is 0 Å². The van der Waals surface area contributed by atoms with Crippen molar-refractivity contribution in [2.45, 2.75) is 63.6 Å². The van der Waals surface area contributed by atoms with Crippen LogP contribution < -0.4 is 21.0 Å². The Morgan fingerprint density at radius 2 is 2.14 bits per heavy atom. The molecule has 6 heteroatoms. The predicted molar refractivity (Wildman–Crippen MR) is 85.9 cm³/mol. The number of quaternary nitrogens is 2. The first-order valence-corrected chi connectivity index (χ1v) is 9.20. The summed E-state index contributed by atoms with van der Waals surface area (Å²) in [5.74, 6) is 0.664. The molecule has 3 heterocycles. The Labute approximate surface area is 134 Å². The van der Waals surface area contributed by atoms with E-state index in [-0.39, 0.29) is 6.23 Å². The van der Waals surface area contributed by atoms with Gasteiger partial charge in [-0.2, -0.15) is 5.48 Å². The topological polar surface area (TPSA) is 57.6 Å². The normalized spacial score (nSPS) is 43.1. The molecule has 0 saturated carbocycles. The molecule has 22 heavy (non-hydrogen) atoms. The molecule has 3 fully saturated rings. The molecule has 0 bridgehead atoms. The van der Waals surface area contributed by atoms with Gasteiger partial charge in [0.1, 0.15) is 12.2 Å². The summed E-state index contributed by atoms with van der Waals surface area (Å²) in [5, 5.41) is 6.23. The Balaban J connectivity index is 1.48. The molecule has 0 radical (unpaired) electrons. The van der Waals surface area contributed by atoms with Crippen molar-refractivity contribution in [1.29, 1.82) is 0 Å². The first kappa shape index (κ1) is 16.6. The molecule has 0 aromatic heterocycles. The summed E-state index contributed by atoms with van der Waals surface area (Å²) >= 11 is 0. The molecule has 3 aliphatic heterocycles. The van der Waals surface area contributed by atoms with Crippen LogP contribution in [0.15, 0.2) is 0 Å². The molecule has 0 spiro atoms. The highest BCUT2D eigenvalue weighted by atomic mass is 16.7. The van der Waals surface area contributed by atoms with Gasteiger partial charge in [0.05, 0.1) is 25.8 Å². The molecule has 0 amide bonds. The van der Waals surface area contributed by atoms with Gasteiger partial charge in [0.25, 0.3) is 0 Å². The largest absolute Gasteiger partial charge is 0.331 e. The van der Waals surface area contributed by atoms with Gasteiger partial charge in [-0.1, -0.05) is 6.92 Å². The second-order valence-corrected chi connectivity index (χ2v) is 7.55. The van der Waals surface area contributed by atoms with Gasteiger partial charge in [-0.15, -0.1) is 0 Å². The molecule has 5 N–H and O–H groups in total. The number of nitrogens with two attached hydrogens (primary N) is 1. The molecule has 3 saturated heterocycles. The smallest absolute Gasteiger partial charge is 0.183 e. The summed E-state index contributed by atoms with van der Waals surface area (Å²) in [6.45, 7) is 6.05. The van der Waals surface area contributed by atoms with Crippen molar-refractivity contribution in [3.05, 3.63) is 0 Å². The SMILES string of the molecule is CCC[NH+]1CCCC1C1NC(C2CCC(N(C)C)[NH2+]C2)NO1. The standard InChI is InChI=1S/C16H33N5O/c1-4-9-21-10-5-6-13(21)16-18-15(19-22-16)12-7-8-14(17-11-12)20(2)3/h12-19H,4-11H2,1-3H3/p+2. The Hall–Kier alpha value is -0.240. The fourth-order valence-electron chi connectivity index (χ4n) is 4.48. The van der Waals surface area contributed by atoms with E-state index in [1.54, 1.807) is 4.90 Å². The molecule has 0 aromatic rings. The van der Waals surface area contributed by atoms with E-state index in [0.717, 1.165) is 0 Å². The fraction of sp³-hybridized carbons (Fsp3) is 1.00. The lowest BCUT2D eigenvalue weighted by Gasteiger charge is -2.33. The van der Waals surface area contributed by atoms with Crippen LogP contribution in [0.5, 0.6) is 0 Å². The maximum Gasteiger partial charge on any atom is 0.183 e. The average molecular weight is 313 g/mol. The number of hydroxylamine groups is 1. The first-order valence-electron chi connectivity index (χ1n) is 9.20. The number of nitrogens with zero attached hydrogens (tertiary/aromatic N) is 1. The number of nitrogens with one attached hydrogen (secondary N) is 3. The minimum Gasteiger partial charge on any atom is -0.331 e. The maximum absolute atomic E-state index is 5.95. The summed E-state index contributed by atoms with van der Waals surface area (Å²) in [7, 11) is 4.36. The molecule has 3 rings (SSSR count). The minimum atomic E-state index is 0.195. The Morgan fingerprint density at radius 3 is 2.82 bits per heavy atom. The van der Waals surface area contributed by atoms with Crippen molar-refractivity contribution in [2.24, 2.45) is 5.92 Å². The van der Waals surface area contributed by atoms with Crippen molar-refractivity contribution >= 4 is 0 Å². The number of rotatable bonds is 5. The van der Waals surface area contributed by atoms with Crippen LogP contribution in [0, 0.1) is 5.92 Å². The molecular formula is C16H35N5O+2. The molecule has 3 aliphatic rings. The van der Waals surface area contributed by atoms with Crippen LogP contribution in [0.2, 0.25) is 0 Å². The maximum atomic E-state index is 5.95. The van der Waals surface area contributed by atoms with Crippen molar-refractivity contribution in [3.63, 3.8) is 0 Å². The van der Waals surface area contributed by atoms with E-state index < -0.39 is 0 Å².